The van der Waals surface area contributed by atoms with Crippen molar-refractivity contribution in [3.8, 4) is 0 Å². The first kappa shape index (κ1) is 20.1. The molecule has 6 nitrogen and oxygen atoms in total. The first-order valence-electron chi connectivity index (χ1n) is 7.38. The quantitative estimate of drug-likeness (QED) is 0.591. The van der Waals surface area contributed by atoms with E-state index >= 15 is 0 Å². The fraction of sp³-hybridized carbons (Fsp3) is 0.600. The summed E-state index contributed by atoms with van der Waals surface area (Å²) in [5.41, 5.74) is 2.09. The van der Waals surface area contributed by atoms with E-state index < -0.39 is 20.2 Å². The topological polar surface area (TPSA) is 86.7 Å². The zero-order valence-corrected chi connectivity index (χ0v) is 15.3. The average molecular weight is 364 g/mol. The third-order valence-electron chi connectivity index (χ3n) is 3.24. The molecule has 8 heteroatoms. The molecule has 132 valence electrons. The monoisotopic (exact) mass is 364 g/mol. The molecule has 1 rings (SSSR count). The van der Waals surface area contributed by atoms with Gasteiger partial charge in [-0.05, 0) is 24.0 Å². The van der Waals surface area contributed by atoms with Crippen LogP contribution in [0.3, 0.4) is 0 Å². The van der Waals surface area contributed by atoms with Gasteiger partial charge < -0.3 is 0 Å². The van der Waals surface area contributed by atoms with Crippen LogP contribution in [0.2, 0.25) is 0 Å². The fourth-order valence-electron chi connectivity index (χ4n) is 2.14. The minimum absolute atomic E-state index is 0.0205. The smallest absolute Gasteiger partial charge is 0.264 e. The zero-order valence-electron chi connectivity index (χ0n) is 13.7. The molecule has 0 fully saturated rings. The van der Waals surface area contributed by atoms with E-state index in [1.165, 1.54) is 5.56 Å². The van der Waals surface area contributed by atoms with Crippen LogP contribution >= 0.6 is 0 Å². The number of hydrogen-bond acceptors (Lipinski definition) is 6. The first-order chi connectivity index (χ1) is 10.6. The molecule has 0 aromatic heterocycles. The number of benzene rings is 1. The zero-order chi connectivity index (χ0) is 17.5. The van der Waals surface area contributed by atoms with Gasteiger partial charge in [0, 0.05) is 5.92 Å². The molecule has 1 unspecified atom stereocenters. The molecular formula is C15H24O6S2. The molecule has 0 bridgehead atoms. The third-order valence-corrected chi connectivity index (χ3v) is 4.40. The van der Waals surface area contributed by atoms with Crippen LogP contribution in [-0.2, 0) is 35.0 Å². The predicted molar refractivity (Wildman–Crippen MR) is 89.4 cm³/mol. The lowest BCUT2D eigenvalue weighted by atomic mass is 9.95. The Labute approximate surface area is 139 Å². The highest BCUT2D eigenvalue weighted by Gasteiger charge is 2.16. The molecule has 0 aliphatic carbocycles. The maximum Gasteiger partial charge on any atom is 0.264 e. The van der Waals surface area contributed by atoms with Crippen LogP contribution in [0.1, 0.15) is 36.8 Å². The molecule has 0 aliphatic rings. The van der Waals surface area contributed by atoms with Crippen molar-refractivity contribution in [2.24, 2.45) is 0 Å². The van der Waals surface area contributed by atoms with Crippen LogP contribution in [-0.4, -0.2) is 42.6 Å². The Morgan fingerprint density at radius 3 is 2.00 bits per heavy atom. The van der Waals surface area contributed by atoms with Gasteiger partial charge in [-0.1, -0.05) is 37.6 Å². The highest BCUT2D eigenvalue weighted by Crippen LogP contribution is 2.22. The second-order valence-electron chi connectivity index (χ2n) is 5.49. The van der Waals surface area contributed by atoms with Crippen molar-refractivity contribution in [3.05, 3.63) is 35.4 Å². The van der Waals surface area contributed by atoms with E-state index in [1.54, 1.807) is 0 Å². The van der Waals surface area contributed by atoms with Gasteiger partial charge in [-0.3, -0.25) is 8.37 Å². The average Bonchev–Trinajstić information content (AvgIpc) is 2.42. The molecular weight excluding hydrogens is 340 g/mol. The number of rotatable bonds is 10. The number of hydrogen-bond donors (Lipinski definition) is 0. The van der Waals surface area contributed by atoms with E-state index in [0.717, 1.165) is 30.9 Å². The SMILES string of the molecule is CCCc1ccc(C(CCOS(C)(=O)=O)COS(C)(=O)=O)cc1. The van der Waals surface area contributed by atoms with Gasteiger partial charge in [0.15, 0.2) is 0 Å². The van der Waals surface area contributed by atoms with Crippen LogP contribution < -0.4 is 0 Å². The van der Waals surface area contributed by atoms with Gasteiger partial charge in [-0.25, -0.2) is 0 Å². The van der Waals surface area contributed by atoms with Crippen LogP contribution in [0, 0.1) is 0 Å². The van der Waals surface area contributed by atoms with E-state index in [4.69, 9.17) is 8.37 Å². The molecule has 0 saturated heterocycles. The van der Waals surface area contributed by atoms with E-state index in [9.17, 15) is 16.8 Å². The van der Waals surface area contributed by atoms with Crippen molar-refractivity contribution >= 4 is 20.2 Å². The van der Waals surface area contributed by atoms with Gasteiger partial charge in [0.25, 0.3) is 20.2 Å². The summed E-state index contributed by atoms with van der Waals surface area (Å²) in [5, 5.41) is 0. The maximum atomic E-state index is 11.2. The Balaban J connectivity index is 2.80. The summed E-state index contributed by atoms with van der Waals surface area (Å²) in [6.07, 6.45) is 4.33. The molecule has 0 heterocycles. The molecule has 0 amide bonds. The van der Waals surface area contributed by atoms with Crippen molar-refractivity contribution in [1.29, 1.82) is 0 Å². The summed E-state index contributed by atoms with van der Waals surface area (Å²) in [4.78, 5) is 0. The molecule has 0 spiro atoms. The summed E-state index contributed by atoms with van der Waals surface area (Å²) in [6, 6.07) is 7.82. The Kier molecular flexibility index (Phi) is 7.66. The van der Waals surface area contributed by atoms with Crippen molar-refractivity contribution in [2.45, 2.75) is 32.1 Å². The Morgan fingerprint density at radius 1 is 0.957 bits per heavy atom. The van der Waals surface area contributed by atoms with Crippen molar-refractivity contribution < 1.29 is 25.2 Å². The fourth-order valence-corrected chi connectivity index (χ4v) is 2.95. The Morgan fingerprint density at radius 2 is 1.52 bits per heavy atom. The minimum Gasteiger partial charge on any atom is -0.270 e. The van der Waals surface area contributed by atoms with Crippen molar-refractivity contribution in [2.75, 3.05) is 25.7 Å². The maximum absolute atomic E-state index is 11.2. The number of aryl methyl sites for hydroxylation is 1. The third kappa shape index (κ3) is 9.04. The molecule has 0 radical (unpaired) electrons. The minimum atomic E-state index is -3.56. The van der Waals surface area contributed by atoms with Crippen molar-refractivity contribution in [1.82, 2.24) is 0 Å². The summed E-state index contributed by atoms with van der Waals surface area (Å²) in [6.45, 7) is 2.03. The molecule has 0 aliphatic heterocycles. The lowest BCUT2D eigenvalue weighted by Gasteiger charge is -2.17. The molecule has 1 aromatic carbocycles. The largest absolute Gasteiger partial charge is 0.270 e. The van der Waals surface area contributed by atoms with Crippen LogP contribution in [0.15, 0.2) is 24.3 Å². The molecule has 1 atom stereocenters. The first-order valence-corrected chi connectivity index (χ1v) is 11.0. The Hall–Kier alpha value is -0.960. The molecule has 1 aromatic rings. The van der Waals surface area contributed by atoms with Crippen LogP contribution in [0.25, 0.3) is 0 Å². The Bertz CT molecular complexity index is 677. The van der Waals surface area contributed by atoms with Gasteiger partial charge in [-0.2, -0.15) is 16.8 Å². The normalized spacial score (nSPS) is 13.9. The second kappa shape index (κ2) is 8.77. The predicted octanol–water partition coefficient (Wildman–Crippen LogP) is 2.07. The highest BCUT2D eigenvalue weighted by atomic mass is 32.2. The van der Waals surface area contributed by atoms with Gasteiger partial charge in [0.1, 0.15) is 0 Å². The second-order valence-corrected chi connectivity index (χ2v) is 8.78. The molecule has 0 saturated carbocycles. The van der Waals surface area contributed by atoms with Gasteiger partial charge >= 0.3 is 0 Å². The summed E-state index contributed by atoms with van der Waals surface area (Å²) < 4.78 is 54.1. The standard InChI is InChI=1S/C15H24O6S2/c1-4-5-13-6-8-14(9-7-13)15(12-21-23(3,18)19)10-11-20-22(2,16)17/h6-9,15H,4-5,10-12H2,1-3H3. The summed E-state index contributed by atoms with van der Waals surface area (Å²) >= 11 is 0. The van der Waals surface area contributed by atoms with Crippen LogP contribution in [0.5, 0.6) is 0 Å². The van der Waals surface area contributed by atoms with Crippen LogP contribution in [0.4, 0.5) is 0 Å². The summed E-state index contributed by atoms with van der Waals surface area (Å²) in [5.74, 6) is -0.262. The molecule has 0 N–H and O–H groups in total. The van der Waals surface area contributed by atoms with Crippen molar-refractivity contribution in [3.63, 3.8) is 0 Å². The lowest BCUT2D eigenvalue weighted by Crippen LogP contribution is -2.15. The summed E-state index contributed by atoms with van der Waals surface area (Å²) in [7, 11) is -7.07. The lowest BCUT2D eigenvalue weighted by molar-refractivity contribution is 0.251. The van der Waals surface area contributed by atoms with Gasteiger partial charge in [-0.15, -0.1) is 0 Å². The van der Waals surface area contributed by atoms with E-state index in [-0.39, 0.29) is 19.1 Å². The van der Waals surface area contributed by atoms with E-state index in [2.05, 4.69) is 6.92 Å². The van der Waals surface area contributed by atoms with E-state index in [1.807, 2.05) is 24.3 Å². The highest BCUT2D eigenvalue weighted by molar-refractivity contribution is 7.86. The molecule has 23 heavy (non-hydrogen) atoms. The van der Waals surface area contributed by atoms with Gasteiger partial charge in [0.05, 0.1) is 25.7 Å². The van der Waals surface area contributed by atoms with E-state index in [0.29, 0.717) is 6.42 Å². The van der Waals surface area contributed by atoms with Gasteiger partial charge in [0.2, 0.25) is 0 Å².